The molecule has 2 rings (SSSR count). The molecular weight excluding hydrogens is 324 g/mol. The van der Waals surface area contributed by atoms with Gasteiger partial charge in [0.15, 0.2) is 6.10 Å². The lowest BCUT2D eigenvalue weighted by Gasteiger charge is -2.26. The summed E-state index contributed by atoms with van der Waals surface area (Å²) in [5, 5.41) is 2.22. The molecule has 0 aliphatic carbocycles. The Kier molecular flexibility index (Phi) is 7.86. The maximum Gasteiger partial charge on any atom is 0.340 e. The summed E-state index contributed by atoms with van der Waals surface area (Å²) >= 11 is 0. The van der Waals surface area contributed by atoms with Crippen molar-refractivity contribution in [1.82, 2.24) is 0 Å². The van der Waals surface area contributed by atoms with E-state index in [1.165, 1.54) is 0 Å². The first kappa shape index (κ1) is 20.2. The molecule has 0 N–H and O–H groups in total. The Balaban J connectivity index is 2.17. The summed E-state index contributed by atoms with van der Waals surface area (Å²) in [5.74, 6) is -0.00203. The molecule has 3 heteroatoms. The molecular formula is C23H30O3. The second kappa shape index (κ2) is 10.1. The van der Waals surface area contributed by atoms with Crippen LogP contribution in [0, 0.1) is 5.92 Å². The lowest BCUT2D eigenvalue weighted by molar-refractivity contribution is -0.164. The third-order valence-electron chi connectivity index (χ3n) is 4.83. The molecule has 0 saturated carbocycles. The highest BCUT2D eigenvalue weighted by Gasteiger charge is 2.27. The van der Waals surface area contributed by atoms with Crippen molar-refractivity contribution in [1.29, 1.82) is 0 Å². The summed E-state index contributed by atoms with van der Waals surface area (Å²) in [5.41, 5.74) is 0.821. The van der Waals surface area contributed by atoms with E-state index in [2.05, 4.69) is 26.5 Å². The Morgan fingerprint density at radius 1 is 1.15 bits per heavy atom. The minimum absolute atomic E-state index is 0.112. The van der Waals surface area contributed by atoms with E-state index in [-0.39, 0.29) is 12.1 Å². The quantitative estimate of drug-likeness (QED) is 0.397. The van der Waals surface area contributed by atoms with E-state index >= 15 is 0 Å². The molecule has 2 aromatic rings. The number of hydrogen-bond donors (Lipinski definition) is 0. The zero-order valence-electron chi connectivity index (χ0n) is 16.1. The topological polar surface area (TPSA) is 35.5 Å². The summed E-state index contributed by atoms with van der Waals surface area (Å²) in [6.07, 6.45) is 4.78. The molecule has 0 bridgehead atoms. The van der Waals surface area contributed by atoms with Gasteiger partial charge in [-0.3, -0.25) is 0 Å². The molecule has 0 saturated heterocycles. The Hall–Kier alpha value is -2.13. The number of rotatable bonds is 10. The first-order valence-electron chi connectivity index (χ1n) is 9.43. The molecule has 0 spiro atoms. The number of carbonyl (C=O) groups is 1. The molecule has 26 heavy (non-hydrogen) atoms. The molecule has 3 nitrogen and oxygen atoms in total. The van der Waals surface area contributed by atoms with E-state index in [0.717, 1.165) is 42.0 Å². The van der Waals surface area contributed by atoms with Gasteiger partial charge in [-0.05, 0) is 47.6 Å². The SMILES string of the molecule is C=CCC[C@@H](OC(=O)C(OC)c1ccc2ccccc2c1)[C@@H](C)CCC. The van der Waals surface area contributed by atoms with Gasteiger partial charge in [0.1, 0.15) is 6.10 Å². The van der Waals surface area contributed by atoms with Crippen LogP contribution in [-0.4, -0.2) is 19.2 Å². The van der Waals surface area contributed by atoms with Crippen LogP contribution in [0.4, 0.5) is 0 Å². The van der Waals surface area contributed by atoms with Crippen LogP contribution in [0.25, 0.3) is 10.8 Å². The van der Waals surface area contributed by atoms with Gasteiger partial charge in [-0.25, -0.2) is 4.79 Å². The van der Waals surface area contributed by atoms with Gasteiger partial charge in [-0.1, -0.05) is 62.7 Å². The second-order valence-electron chi connectivity index (χ2n) is 6.83. The van der Waals surface area contributed by atoms with Crippen molar-refractivity contribution in [3.05, 3.63) is 60.7 Å². The van der Waals surface area contributed by atoms with Crippen molar-refractivity contribution < 1.29 is 14.3 Å². The van der Waals surface area contributed by atoms with Crippen LogP contribution in [-0.2, 0) is 14.3 Å². The molecule has 1 unspecified atom stereocenters. The van der Waals surface area contributed by atoms with E-state index in [1.54, 1.807) is 7.11 Å². The molecule has 3 atom stereocenters. The van der Waals surface area contributed by atoms with Crippen LogP contribution in [0.15, 0.2) is 55.1 Å². The molecule has 0 amide bonds. The van der Waals surface area contributed by atoms with Crippen LogP contribution in [0.1, 0.15) is 51.2 Å². The highest BCUT2D eigenvalue weighted by Crippen LogP contribution is 2.26. The number of hydrogen-bond acceptors (Lipinski definition) is 3. The van der Waals surface area contributed by atoms with Crippen molar-refractivity contribution in [2.45, 2.75) is 51.7 Å². The van der Waals surface area contributed by atoms with Crippen LogP contribution >= 0.6 is 0 Å². The number of ether oxygens (including phenoxy) is 2. The Bertz CT molecular complexity index is 722. The van der Waals surface area contributed by atoms with Gasteiger partial charge in [0, 0.05) is 7.11 Å². The van der Waals surface area contributed by atoms with Gasteiger partial charge in [0.2, 0.25) is 0 Å². The van der Waals surface area contributed by atoms with Crippen LogP contribution < -0.4 is 0 Å². The fraction of sp³-hybridized carbons (Fsp3) is 0.435. The van der Waals surface area contributed by atoms with Crippen molar-refractivity contribution in [2.75, 3.05) is 7.11 Å². The number of carbonyl (C=O) groups excluding carboxylic acids is 1. The Morgan fingerprint density at radius 3 is 2.54 bits per heavy atom. The third-order valence-corrected chi connectivity index (χ3v) is 4.83. The van der Waals surface area contributed by atoms with E-state index < -0.39 is 6.10 Å². The first-order chi connectivity index (χ1) is 12.6. The van der Waals surface area contributed by atoms with Gasteiger partial charge < -0.3 is 9.47 Å². The molecule has 0 heterocycles. The summed E-state index contributed by atoms with van der Waals surface area (Å²) in [4.78, 5) is 12.8. The predicted octanol–water partition coefficient (Wildman–Crippen LogP) is 5.84. The molecule has 0 aliphatic rings. The molecule has 2 aromatic carbocycles. The van der Waals surface area contributed by atoms with Gasteiger partial charge >= 0.3 is 5.97 Å². The van der Waals surface area contributed by atoms with Crippen molar-refractivity contribution >= 4 is 16.7 Å². The number of fused-ring (bicyclic) bond motifs is 1. The fourth-order valence-corrected chi connectivity index (χ4v) is 3.33. The summed E-state index contributed by atoms with van der Waals surface area (Å²) in [7, 11) is 1.55. The minimum Gasteiger partial charge on any atom is -0.460 e. The van der Waals surface area contributed by atoms with Crippen LogP contribution in [0.2, 0.25) is 0 Å². The smallest absolute Gasteiger partial charge is 0.340 e. The van der Waals surface area contributed by atoms with Gasteiger partial charge in [0.05, 0.1) is 0 Å². The number of allylic oxidation sites excluding steroid dienone is 1. The monoisotopic (exact) mass is 354 g/mol. The molecule has 0 radical (unpaired) electrons. The maximum absolute atomic E-state index is 12.8. The third kappa shape index (κ3) is 5.18. The van der Waals surface area contributed by atoms with Gasteiger partial charge in [0.25, 0.3) is 0 Å². The number of benzene rings is 2. The number of esters is 1. The van der Waals surface area contributed by atoms with Crippen molar-refractivity contribution in [3.63, 3.8) is 0 Å². The van der Waals surface area contributed by atoms with Gasteiger partial charge in [-0.2, -0.15) is 0 Å². The van der Waals surface area contributed by atoms with Gasteiger partial charge in [-0.15, -0.1) is 6.58 Å². The fourth-order valence-electron chi connectivity index (χ4n) is 3.33. The predicted molar refractivity (Wildman–Crippen MR) is 107 cm³/mol. The molecule has 0 aliphatic heterocycles. The lowest BCUT2D eigenvalue weighted by atomic mass is 9.95. The molecule has 140 valence electrons. The second-order valence-corrected chi connectivity index (χ2v) is 6.83. The highest BCUT2D eigenvalue weighted by atomic mass is 16.6. The average Bonchev–Trinajstić information content (AvgIpc) is 2.65. The van der Waals surface area contributed by atoms with Crippen molar-refractivity contribution in [3.8, 4) is 0 Å². The molecule has 0 aromatic heterocycles. The zero-order chi connectivity index (χ0) is 18.9. The van der Waals surface area contributed by atoms with E-state index in [4.69, 9.17) is 9.47 Å². The van der Waals surface area contributed by atoms with E-state index in [0.29, 0.717) is 5.92 Å². The normalized spacial score (nSPS) is 14.6. The lowest BCUT2D eigenvalue weighted by Crippen LogP contribution is -2.29. The maximum atomic E-state index is 12.8. The minimum atomic E-state index is -0.709. The summed E-state index contributed by atoms with van der Waals surface area (Å²) in [6, 6.07) is 14.0. The number of methoxy groups -OCH3 is 1. The summed E-state index contributed by atoms with van der Waals surface area (Å²) in [6.45, 7) is 8.07. The Labute approximate surface area is 157 Å². The molecule has 0 fully saturated rings. The van der Waals surface area contributed by atoms with Crippen molar-refractivity contribution in [2.24, 2.45) is 5.92 Å². The summed E-state index contributed by atoms with van der Waals surface area (Å²) < 4.78 is 11.4. The standard InChI is InChI=1S/C23H30O3/c1-5-7-13-21(17(3)10-6-2)26-23(24)22(25-4)20-15-14-18-11-8-9-12-19(18)16-20/h5,8-9,11-12,14-17,21-22H,1,6-7,10,13H2,2-4H3/t17-,21+,22?/m0/s1. The largest absolute Gasteiger partial charge is 0.460 e. The van der Waals surface area contributed by atoms with Crippen LogP contribution in [0.5, 0.6) is 0 Å². The highest BCUT2D eigenvalue weighted by molar-refractivity contribution is 5.85. The Morgan fingerprint density at radius 2 is 1.88 bits per heavy atom. The van der Waals surface area contributed by atoms with E-state index in [1.807, 2.05) is 42.5 Å². The zero-order valence-corrected chi connectivity index (χ0v) is 16.1. The first-order valence-corrected chi connectivity index (χ1v) is 9.43. The average molecular weight is 354 g/mol. The van der Waals surface area contributed by atoms with E-state index in [9.17, 15) is 4.79 Å². The van der Waals surface area contributed by atoms with Crippen LogP contribution in [0.3, 0.4) is 0 Å².